The van der Waals surface area contributed by atoms with Gasteiger partial charge in [0.2, 0.25) is 5.88 Å². The van der Waals surface area contributed by atoms with Gasteiger partial charge in [0.25, 0.3) is 0 Å². The fraction of sp³-hybridized carbons (Fsp3) is 0.167. The number of nitrogens with two attached hydrogens (primary N) is 2. The van der Waals surface area contributed by atoms with Gasteiger partial charge in [-0.25, -0.2) is 4.98 Å². The summed E-state index contributed by atoms with van der Waals surface area (Å²) in [6.45, 7) is 0. The quantitative estimate of drug-likeness (QED) is 0.818. The lowest BCUT2D eigenvalue weighted by molar-refractivity contribution is -0.275. The number of alkyl halides is 3. The molecule has 1 heterocycles. The van der Waals surface area contributed by atoms with Gasteiger partial charge in [0.1, 0.15) is 5.69 Å². The first-order valence-electron chi connectivity index (χ1n) is 3.26. The lowest BCUT2D eigenvalue weighted by atomic mass is 10.3. The number of ether oxygens (including phenoxy) is 1. The van der Waals surface area contributed by atoms with E-state index < -0.39 is 12.2 Å². The zero-order valence-electron chi connectivity index (χ0n) is 6.60. The van der Waals surface area contributed by atoms with E-state index in [4.69, 9.17) is 11.5 Å². The van der Waals surface area contributed by atoms with Crippen molar-refractivity contribution in [1.82, 2.24) is 4.98 Å². The third-order valence-electron chi connectivity index (χ3n) is 1.29. The Morgan fingerprint density at radius 2 is 1.86 bits per heavy atom. The average molecular weight is 272 g/mol. The smallest absolute Gasteiger partial charge is 0.396 e. The van der Waals surface area contributed by atoms with Crippen molar-refractivity contribution in [2.45, 2.75) is 6.36 Å². The molecule has 1 rings (SSSR count). The summed E-state index contributed by atoms with van der Waals surface area (Å²) in [5.41, 5.74) is 10.2. The summed E-state index contributed by atoms with van der Waals surface area (Å²) in [6, 6.07) is 0. The van der Waals surface area contributed by atoms with Gasteiger partial charge in [-0.2, -0.15) is 0 Å². The largest absolute Gasteiger partial charge is 0.574 e. The number of aromatic nitrogens is 1. The van der Waals surface area contributed by atoms with Crippen LogP contribution in [0, 0.1) is 0 Å². The van der Waals surface area contributed by atoms with E-state index in [2.05, 4.69) is 25.7 Å². The van der Waals surface area contributed by atoms with E-state index in [0.717, 1.165) is 6.20 Å². The predicted octanol–water partition coefficient (Wildman–Crippen LogP) is 1.91. The number of pyridine rings is 1. The fourth-order valence-corrected chi connectivity index (χ4v) is 1.01. The van der Waals surface area contributed by atoms with Crippen molar-refractivity contribution < 1.29 is 17.9 Å². The standard InChI is InChI=1S/C6H5BrF3N3O/c7-2-1-13-5(4(12)3(2)11)14-6(8,9)10/h1H,12H2,(H2,11,13). The molecule has 0 saturated heterocycles. The molecule has 1 aromatic heterocycles. The van der Waals surface area contributed by atoms with Gasteiger partial charge in [-0.05, 0) is 15.9 Å². The first-order chi connectivity index (χ1) is 6.31. The molecule has 4 N–H and O–H groups in total. The molecule has 0 aliphatic carbocycles. The van der Waals surface area contributed by atoms with Gasteiger partial charge >= 0.3 is 6.36 Å². The van der Waals surface area contributed by atoms with Crippen molar-refractivity contribution in [2.75, 3.05) is 11.5 Å². The van der Waals surface area contributed by atoms with E-state index in [1.807, 2.05) is 0 Å². The second-order valence-electron chi connectivity index (χ2n) is 2.29. The topological polar surface area (TPSA) is 74.2 Å². The van der Waals surface area contributed by atoms with E-state index in [1.54, 1.807) is 0 Å². The molecule has 0 aromatic carbocycles. The van der Waals surface area contributed by atoms with Gasteiger partial charge in [-0.15, -0.1) is 13.2 Å². The Kier molecular flexibility index (Phi) is 2.74. The Hall–Kier alpha value is -1.18. The lowest BCUT2D eigenvalue weighted by Crippen LogP contribution is -2.19. The maximum Gasteiger partial charge on any atom is 0.574 e. The molecule has 0 radical (unpaired) electrons. The molecule has 0 saturated carbocycles. The first kappa shape index (κ1) is 10.9. The zero-order chi connectivity index (χ0) is 10.9. The SMILES string of the molecule is Nc1c(Br)cnc(OC(F)(F)F)c1N. The van der Waals surface area contributed by atoms with Crippen LogP contribution in [0.15, 0.2) is 10.7 Å². The Labute approximate surface area is 85.2 Å². The third-order valence-corrected chi connectivity index (χ3v) is 1.92. The van der Waals surface area contributed by atoms with Gasteiger partial charge in [-0.3, -0.25) is 0 Å². The normalized spacial score (nSPS) is 11.4. The molecule has 0 unspecified atom stereocenters. The number of nitrogen functional groups attached to an aromatic ring is 2. The van der Waals surface area contributed by atoms with Crippen molar-refractivity contribution in [2.24, 2.45) is 0 Å². The van der Waals surface area contributed by atoms with Crippen molar-refractivity contribution in [3.05, 3.63) is 10.7 Å². The van der Waals surface area contributed by atoms with Crippen LogP contribution in [-0.2, 0) is 0 Å². The van der Waals surface area contributed by atoms with E-state index in [-0.39, 0.29) is 11.4 Å². The maximum absolute atomic E-state index is 11.8. The summed E-state index contributed by atoms with van der Waals surface area (Å²) in [7, 11) is 0. The van der Waals surface area contributed by atoms with Gasteiger partial charge < -0.3 is 16.2 Å². The number of hydrogen-bond donors (Lipinski definition) is 2. The minimum absolute atomic E-state index is 0.0424. The second-order valence-corrected chi connectivity index (χ2v) is 3.14. The summed E-state index contributed by atoms with van der Waals surface area (Å²) >= 11 is 2.96. The van der Waals surface area contributed by atoms with Crippen molar-refractivity contribution >= 4 is 27.3 Å². The molecule has 0 aliphatic rings. The molecule has 8 heteroatoms. The summed E-state index contributed by atoms with van der Waals surface area (Å²) < 4.78 is 39.2. The minimum atomic E-state index is -4.83. The number of hydrogen-bond acceptors (Lipinski definition) is 4. The maximum atomic E-state index is 11.8. The third kappa shape index (κ3) is 2.41. The highest BCUT2D eigenvalue weighted by atomic mass is 79.9. The Bertz CT molecular complexity index is 355. The van der Waals surface area contributed by atoms with E-state index >= 15 is 0 Å². The molecule has 1 aromatic rings. The molecule has 4 nitrogen and oxygen atoms in total. The second kappa shape index (κ2) is 3.52. The molecule has 0 fully saturated rings. The molecule has 78 valence electrons. The number of nitrogens with zero attached hydrogens (tertiary/aromatic N) is 1. The summed E-state index contributed by atoms with van der Waals surface area (Å²) in [6.07, 6.45) is -3.76. The van der Waals surface area contributed by atoms with Crippen LogP contribution < -0.4 is 16.2 Å². The average Bonchev–Trinajstić information content (AvgIpc) is 2.04. The molecule has 0 bridgehead atoms. The zero-order valence-corrected chi connectivity index (χ0v) is 8.19. The van der Waals surface area contributed by atoms with E-state index in [9.17, 15) is 13.2 Å². The van der Waals surface area contributed by atoms with Crippen LogP contribution in [-0.4, -0.2) is 11.3 Å². The van der Waals surface area contributed by atoms with Crippen molar-refractivity contribution in [3.63, 3.8) is 0 Å². The molecule has 0 atom stereocenters. The molecule has 14 heavy (non-hydrogen) atoms. The van der Waals surface area contributed by atoms with E-state index in [0.29, 0.717) is 4.47 Å². The first-order valence-corrected chi connectivity index (χ1v) is 4.06. The highest BCUT2D eigenvalue weighted by Crippen LogP contribution is 2.33. The Morgan fingerprint density at radius 3 is 2.36 bits per heavy atom. The van der Waals surface area contributed by atoms with Crippen LogP contribution in [0.5, 0.6) is 5.88 Å². The van der Waals surface area contributed by atoms with Crippen LogP contribution in [0.25, 0.3) is 0 Å². The molecular formula is C6H5BrF3N3O. The van der Waals surface area contributed by atoms with Gasteiger partial charge in [0, 0.05) is 6.20 Å². The van der Waals surface area contributed by atoms with Crippen LogP contribution in [0.4, 0.5) is 24.5 Å². The minimum Gasteiger partial charge on any atom is -0.396 e. The van der Waals surface area contributed by atoms with Crippen molar-refractivity contribution in [3.8, 4) is 5.88 Å². The Balaban J connectivity index is 3.06. The van der Waals surface area contributed by atoms with Gasteiger partial charge in [0.15, 0.2) is 0 Å². The molecule has 0 spiro atoms. The van der Waals surface area contributed by atoms with E-state index in [1.165, 1.54) is 0 Å². The van der Waals surface area contributed by atoms with Crippen LogP contribution in [0.3, 0.4) is 0 Å². The van der Waals surface area contributed by atoms with Crippen LogP contribution in [0.1, 0.15) is 0 Å². The predicted molar refractivity (Wildman–Crippen MR) is 47.4 cm³/mol. The van der Waals surface area contributed by atoms with Crippen molar-refractivity contribution in [1.29, 1.82) is 0 Å². The molecule has 0 amide bonds. The molecular weight excluding hydrogens is 267 g/mol. The molecule has 0 aliphatic heterocycles. The van der Waals surface area contributed by atoms with Gasteiger partial charge in [-0.1, -0.05) is 0 Å². The summed E-state index contributed by atoms with van der Waals surface area (Å²) in [5.74, 6) is -0.752. The summed E-state index contributed by atoms with van der Waals surface area (Å²) in [5, 5.41) is 0. The lowest BCUT2D eigenvalue weighted by Gasteiger charge is -2.11. The van der Waals surface area contributed by atoms with Gasteiger partial charge in [0.05, 0.1) is 10.2 Å². The Morgan fingerprint density at radius 1 is 1.29 bits per heavy atom. The number of rotatable bonds is 1. The fourth-order valence-electron chi connectivity index (χ4n) is 0.689. The number of anilines is 2. The highest BCUT2D eigenvalue weighted by Gasteiger charge is 2.33. The van der Waals surface area contributed by atoms with Crippen LogP contribution >= 0.6 is 15.9 Å². The highest BCUT2D eigenvalue weighted by molar-refractivity contribution is 9.10. The monoisotopic (exact) mass is 271 g/mol. The van der Waals surface area contributed by atoms with Crippen LogP contribution in [0.2, 0.25) is 0 Å². The summed E-state index contributed by atoms with van der Waals surface area (Å²) in [4.78, 5) is 3.33. The number of halogens is 4.